The Kier molecular flexibility index (Phi) is 4.14. The van der Waals surface area contributed by atoms with E-state index in [9.17, 15) is 14.9 Å². The molecular weight excluding hydrogens is 234 g/mol. The third-order valence-corrected chi connectivity index (χ3v) is 1.96. The van der Waals surface area contributed by atoms with Crippen molar-refractivity contribution in [3.8, 4) is 0 Å². The van der Waals surface area contributed by atoms with E-state index < -0.39 is 10.8 Å². The summed E-state index contributed by atoms with van der Waals surface area (Å²) in [5.41, 5.74) is 1.86. The molecule has 0 saturated heterocycles. The predicted molar refractivity (Wildman–Crippen MR) is 68.5 cm³/mol. The number of nitro groups is 1. The number of carbonyl (C=O) groups is 1. The molecule has 1 N–H and O–H groups in total. The minimum absolute atomic E-state index is 0.00596. The molecule has 18 heavy (non-hydrogen) atoms. The zero-order valence-corrected chi connectivity index (χ0v) is 10.5. The molecule has 1 amide bonds. The van der Waals surface area contributed by atoms with Crippen LogP contribution in [0.5, 0.6) is 0 Å². The molecule has 0 aliphatic carbocycles. The van der Waals surface area contributed by atoms with E-state index >= 15 is 0 Å². The molecule has 0 atom stereocenters. The van der Waals surface area contributed by atoms with Gasteiger partial charge in [-0.1, -0.05) is 32.9 Å². The third kappa shape index (κ3) is 3.97. The molecule has 0 aliphatic rings. The molecule has 0 aliphatic heterocycles. The normalized spacial score (nSPS) is 11.5. The van der Waals surface area contributed by atoms with Crippen LogP contribution in [0.25, 0.3) is 0 Å². The standard InChI is InChI=1S/C12H15N3O3/c1-12(2,3)8-13-14-11(16)9-6-4-5-7-10(9)15(17)18/h4-8H,1-3H3,(H,14,16)/b13-8-. The zero-order valence-electron chi connectivity index (χ0n) is 10.5. The number of amides is 1. The van der Waals surface area contributed by atoms with Crippen LogP contribution in [0.3, 0.4) is 0 Å². The Hall–Kier alpha value is -2.24. The molecule has 0 heterocycles. The first-order valence-electron chi connectivity index (χ1n) is 5.39. The Bertz CT molecular complexity index is 490. The van der Waals surface area contributed by atoms with Crippen LogP contribution in [0.15, 0.2) is 29.4 Å². The molecule has 0 spiro atoms. The highest BCUT2D eigenvalue weighted by molar-refractivity contribution is 5.98. The Labute approximate surface area is 105 Å². The molecule has 6 heteroatoms. The van der Waals surface area contributed by atoms with Crippen LogP contribution in [0, 0.1) is 15.5 Å². The molecule has 0 bridgehead atoms. The van der Waals surface area contributed by atoms with Gasteiger partial charge >= 0.3 is 0 Å². The van der Waals surface area contributed by atoms with E-state index in [1.807, 2.05) is 20.8 Å². The lowest BCUT2D eigenvalue weighted by molar-refractivity contribution is -0.385. The second-order valence-corrected chi connectivity index (χ2v) is 4.84. The minimum Gasteiger partial charge on any atom is -0.267 e. The van der Waals surface area contributed by atoms with Crippen molar-refractivity contribution in [1.82, 2.24) is 5.43 Å². The van der Waals surface area contributed by atoms with Gasteiger partial charge in [-0.2, -0.15) is 5.10 Å². The first kappa shape index (κ1) is 13.8. The van der Waals surface area contributed by atoms with Gasteiger partial charge in [-0.15, -0.1) is 0 Å². The largest absolute Gasteiger partial charge is 0.282 e. The molecule has 6 nitrogen and oxygen atoms in total. The fourth-order valence-corrected chi connectivity index (χ4v) is 1.17. The molecule has 1 aromatic carbocycles. The van der Waals surface area contributed by atoms with E-state index in [1.54, 1.807) is 12.3 Å². The van der Waals surface area contributed by atoms with Crippen LogP contribution in [0.4, 0.5) is 5.69 Å². The van der Waals surface area contributed by atoms with E-state index in [-0.39, 0.29) is 16.7 Å². The maximum absolute atomic E-state index is 11.7. The van der Waals surface area contributed by atoms with E-state index in [1.165, 1.54) is 18.2 Å². The Morgan fingerprint density at radius 2 is 2.00 bits per heavy atom. The topological polar surface area (TPSA) is 84.6 Å². The molecule has 0 saturated carbocycles. The number of nitro benzene ring substituents is 1. The van der Waals surface area contributed by atoms with Gasteiger partial charge in [-0.05, 0) is 11.5 Å². The van der Waals surface area contributed by atoms with E-state index in [0.29, 0.717) is 0 Å². The van der Waals surface area contributed by atoms with E-state index in [2.05, 4.69) is 10.5 Å². The first-order valence-corrected chi connectivity index (χ1v) is 5.39. The highest BCUT2D eigenvalue weighted by atomic mass is 16.6. The molecule has 1 rings (SSSR count). The van der Waals surface area contributed by atoms with Crippen molar-refractivity contribution in [2.24, 2.45) is 10.5 Å². The number of para-hydroxylation sites is 1. The third-order valence-electron chi connectivity index (χ3n) is 1.96. The summed E-state index contributed by atoms with van der Waals surface area (Å²) >= 11 is 0. The summed E-state index contributed by atoms with van der Waals surface area (Å²) in [5, 5.41) is 14.5. The second kappa shape index (κ2) is 5.39. The Morgan fingerprint density at radius 3 is 2.56 bits per heavy atom. The summed E-state index contributed by atoms with van der Waals surface area (Å²) in [4.78, 5) is 21.9. The van der Waals surface area contributed by atoms with E-state index in [4.69, 9.17) is 0 Å². The average molecular weight is 249 g/mol. The van der Waals surface area contributed by atoms with Crippen molar-refractivity contribution < 1.29 is 9.72 Å². The average Bonchev–Trinajstić information content (AvgIpc) is 2.27. The quantitative estimate of drug-likeness (QED) is 0.507. The number of carbonyl (C=O) groups excluding carboxylic acids is 1. The van der Waals surface area contributed by atoms with Crippen LogP contribution in [0.1, 0.15) is 31.1 Å². The number of hydrogen-bond acceptors (Lipinski definition) is 4. The molecule has 96 valence electrons. The number of hydrazone groups is 1. The van der Waals surface area contributed by atoms with E-state index in [0.717, 1.165) is 0 Å². The summed E-state index contributed by atoms with van der Waals surface area (Å²) in [6.45, 7) is 5.77. The van der Waals surface area contributed by atoms with Crippen LogP contribution in [0.2, 0.25) is 0 Å². The smallest absolute Gasteiger partial charge is 0.267 e. The lowest BCUT2D eigenvalue weighted by Crippen LogP contribution is -2.20. The van der Waals surface area contributed by atoms with Crippen molar-refractivity contribution in [3.05, 3.63) is 39.9 Å². The van der Waals surface area contributed by atoms with Gasteiger partial charge in [-0.25, -0.2) is 5.43 Å². The van der Waals surface area contributed by atoms with Crippen molar-refractivity contribution in [2.45, 2.75) is 20.8 Å². The van der Waals surface area contributed by atoms with Crippen molar-refractivity contribution in [2.75, 3.05) is 0 Å². The number of hydrogen-bond donors (Lipinski definition) is 1. The molecular formula is C12H15N3O3. The SMILES string of the molecule is CC(C)(C)/C=N\NC(=O)c1ccccc1[N+](=O)[O-]. The summed E-state index contributed by atoms with van der Waals surface area (Å²) in [5.74, 6) is -0.595. The van der Waals surface area contributed by atoms with Gasteiger partial charge in [0.2, 0.25) is 0 Å². The summed E-state index contributed by atoms with van der Waals surface area (Å²) in [7, 11) is 0. The van der Waals surface area contributed by atoms with Gasteiger partial charge in [0.1, 0.15) is 5.56 Å². The zero-order chi connectivity index (χ0) is 13.8. The monoisotopic (exact) mass is 249 g/mol. The lowest BCUT2D eigenvalue weighted by Gasteiger charge is -2.09. The first-order chi connectivity index (χ1) is 8.31. The molecule has 0 fully saturated rings. The summed E-state index contributed by atoms with van der Waals surface area (Å²) in [6.07, 6.45) is 1.57. The van der Waals surface area contributed by atoms with Crippen LogP contribution < -0.4 is 5.43 Å². The highest BCUT2D eigenvalue weighted by Gasteiger charge is 2.18. The van der Waals surface area contributed by atoms with Crippen LogP contribution in [-0.4, -0.2) is 17.0 Å². The maximum Gasteiger partial charge on any atom is 0.282 e. The van der Waals surface area contributed by atoms with Gasteiger partial charge in [0, 0.05) is 12.3 Å². The van der Waals surface area contributed by atoms with Gasteiger partial charge in [-0.3, -0.25) is 14.9 Å². The number of nitrogens with one attached hydrogen (secondary N) is 1. The predicted octanol–water partition coefficient (Wildman–Crippen LogP) is 2.36. The highest BCUT2D eigenvalue weighted by Crippen LogP contribution is 2.17. The fraction of sp³-hybridized carbons (Fsp3) is 0.333. The molecule has 1 aromatic rings. The Balaban J connectivity index is 2.86. The molecule has 0 radical (unpaired) electrons. The van der Waals surface area contributed by atoms with Crippen LogP contribution in [-0.2, 0) is 0 Å². The second-order valence-electron chi connectivity index (χ2n) is 4.84. The van der Waals surface area contributed by atoms with Gasteiger partial charge in [0.05, 0.1) is 4.92 Å². The number of nitrogens with zero attached hydrogens (tertiary/aromatic N) is 2. The summed E-state index contributed by atoms with van der Waals surface area (Å²) in [6, 6.07) is 5.74. The molecule has 0 aromatic heterocycles. The minimum atomic E-state index is -0.595. The summed E-state index contributed by atoms with van der Waals surface area (Å²) < 4.78 is 0. The van der Waals surface area contributed by atoms with Crippen molar-refractivity contribution in [3.63, 3.8) is 0 Å². The Morgan fingerprint density at radius 1 is 1.39 bits per heavy atom. The van der Waals surface area contributed by atoms with Crippen LogP contribution >= 0.6 is 0 Å². The number of benzene rings is 1. The lowest BCUT2D eigenvalue weighted by atomic mass is 9.99. The number of rotatable bonds is 3. The van der Waals surface area contributed by atoms with Gasteiger partial charge in [0.25, 0.3) is 11.6 Å². The van der Waals surface area contributed by atoms with Crippen molar-refractivity contribution >= 4 is 17.8 Å². The maximum atomic E-state index is 11.7. The van der Waals surface area contributed by atoms with Gasteiger partial charge < -0.3 is 0 Å². The fourth-order valence-electron chi connectivity index (χ4n) is 1.17. The van der Waals surface area contributed by atoms with Crippen molar-refractivity contribution in [1.29, 1.82) is 0 Å². The molecule has 0 unspecified atom stereocenters. The van der Waals surface area contributed by atoms with Gasteiger partial charge in [0.15, 0.2) is 0 Å².